The van der Waals surface area contributed by atoms with E-state index in [1.807, 2.05) is 45.0 Å². The van der Waals surface area contributed by atoms with Crippen LogP contribution in [-0.2, 0) is 20.8 Å². The summed E-state index contributed by atoms with van der Waals surface area (Å²) in [5, 5.41) is 9.11. The lowest BCUT2D eigenvalue weighted by molar-refractivity contribution is -0.197. The van der Waals surface area contributed by atoms with Gasteiger partial charge in [0.25, 0.3) is 0 Å². The number of halogens is 1. The van der Waals surface area contributed by atoms with Gasteiger partial charge in [0, 0.05) is 11.6 Å². The molecule has 0 saturated carbocycles. The van der Waals surface area contributed by atoms with Gasteiger partial charge in [0.05, 0.1) is 17.7 Å². The summed E-state index contributed by atoms with van der Waals surface area (Å²) >= 11 is 6.27. The molecule has 9 nitrogen and oxygen atoms in total. The van der Waals surface area contributed by atoms with Crippen LogP contribution in [0.4, 0.5) is 5.82 Å². The van der Waals surface area contributed by atoms with Crippen molar-refractivity contribution in [2.45, 2.75) is 64.1 Å². The smallest absolute Gasteiger partial charge is 0.196 e. The molecule has 2 aliphatic heterocycles. The fourth-order valence-electron chi connectivity index (χ4n) is 4.32. The first-order valence-corrected chi connectivity index (χ1v) is 11.0. The van der Waals surface area contributed by atoms with Gasteiger partial charge in [-0.2, -0.15) is 5.10 Å². The average Bonchev–Trinajstić information content (AvgIpc) is 3.43. The second-order valence-electron chi connectivity index (χ2n) is 8.36. The summed E-state index contributed by atoms with van der Waals surface area (Å²) in [5.74, 6) is -0.168. The largest absolute Gasteiger partial charge is 0.365 e. The van der Waals surface area contributed by atoms with Crippen molar-refractivity contribution in [2.24, 2.45) is 0 Å². The molecule has 0 spiro atoms. The van der Waals surface area contributed by atoms with E-state index in [-0.39, 0.29) is 24.1 Å². The number of ether oxygens (including phenoxy) is 3. The molecule has 2 fully saturated rings. The number of hydrogen-bond donors (Lipinski definition) is 1. The number of carbonyl (C=O) groups is 1. The quantitative estimate of drug-likeness (QED) is 0.559. The molecule has 0 bridgehead atoms. The minimum absolute atomic E-state index is 0.0476. The third kappa shape index (κ3) is 3.65. The van der Waals surface area contributed by atoms with Crippen molar-refractivity contribution in [3.05, 3.63) is 46.9 Å². The van der Waals surface area contributed by atoms with E-state index in [9.17, 15) is 4.79 Å². The van der Waals surface area contributed by atoms with Crippen molar-refractivity contribution in [2.75, 3.05) is 5.32 Å². The fraction of sp³-hybridized carbons (Fsp3) is 0.455. The van der Waals surface area contributed by atoms with Crippen molar-refractivity contribution >= 4 is 34.7 Å². The highest BCUT2D eigenvalue weighted by atomic mass is 35.5. The van der Waals surface area contributed by atoms with Gasteiger partial charge in [-0.15, -0.1) is 0 Å². The van der Waals surface area contributed by atoms with Crippen LogP contribution in [0.15, 0.2) is 30.5 Å². The SMILES string of the molecule is CC[C@H]1O[C@@H](n2ncc3c(NCc4ccccc4Cl)nc(C=O)nc32)[C@@H]2OC(C)(C)O[C@@H]21. The number of hydrogen-bond acceptors (Lipinski definition) is 8. The maximum absolute atomic E-state index is 11.6. The summed E-state index contributed by atoms with van der Waals surface area (Å²) in [7, 11) is 0. The van der Waals surface area contributed by atoms with E-state index >= 15 is 0 Å². The molecule has 1 aromatic carbocycles. The van der Waals surface area contributed by atoms with Crippen LogP contribution in [-0.4, -0.2) is 50.1 Å². The van der Waals surface area contributed by atoms with Gasteiger partial charge in [-0.1, -0.05) is 36.7 Å². The summed E-state index contributed by atoms with van der Waals surface area (Å²) in [5.41, 5.74) is 1.39. The van der Waals surface area contributed by atoms with Crippen LogP contribution in [0, 0.1) is 0 Å². The molecule has 4 atom stereocenters. The van der Waals surface area contributed by atoms with Crippen LogP contribution in [0.3, 0.4) is 0 Å². The number of aldehydes is 1. The maximum Gasteiger partial charge on any atom is 0.196 e. The van der Waals surface area contributed by atoms with Gasteiger partial charge < -0.3 is 19.5 Å². The first-order chi connectivity index (χ1) is 15.4. The van der Waals surface area contributed by atoms with E-state index in [0.717, 1.165) is 12.0 Å². The predicted octanol–water partition coefficient (Wildman–Crippen LogP) is 3.73. The van der Waals surface area contributed by atoms with Crippen LogP contribution >= 0.6 is 11.6 Å². The van der Waals surface area contributed by atoms with Crippen molar-refractivity contribution in [1.29, 1.82) is 0 Å². The molecular weight excluding hydrogens is 434 g/mol. The third-order valence-corrected chi connectivity index (χ3v) is 6.12. The van der Waals surface area contributed by atoms with Crippen LogP contribution in [0.1, 0.15) is 49.6 Å². The van der Waals surface area contributed by atoms with Crippen molar-refractivity contribution < 1.29 is 19.0 Å². The summed E-state index contributed by atoms with van der Waals surface area (Å²) in [6, 6.07) is 7.54. The number of aromatic nitrogens is 4. The minimum atomic E-state index is -0.710. The molecule has 1 N–H and O–H groups in total. The first-order valence-electron chi connectivity index (χ1n) is 10.6. The minimum Gasteiger partial charge on any atom is -0.365 e. The highest BCUT2D eigenvalue weighted by Crippen LogP contribution is 2.44. The molecule has 5 rings (SSSR count). The Morgan fingerprint density at radius 3 is 2.75 bits per heavy atom. The van der Waals surface area contributed by atoms with Crippen molar-refractivity contribution in [1.82, 2.24) is 19.7 Å². The number of nitrogens with one attached hydrogen (secondary N) is 1. The van der Waals surface area contributed by atoms with Crippen molar-refractivity contribution in [3.63, 3.8) is 0 Å². The van der Waals surface area contributed by atoms with Gasteiger partial charge >= 0.3 is 0 Å². The molecule has 2 aromatic heterocycles. The standard InChI is InChI=1S/C22H24ClN5O4/c1-4-15-17-18(32-22(2,3)31-17)21(30-15)28-20-13(10-25-28)19(26-16(11-29)27-20)24-9-12-7-5-6-8-14(12)23/h5-8,10-11,15,17-18,21H,4,9H2,1-3H3,(H,24,26,27)/t15-,17-,18-,21-/m1/s1. The molecule has 0 unspecified atom stereocenters. The van der Waals surface area contributed by atoms with Gasteiger partial charge in [-0.05, 0) is 31.9 Å². The number of fused-ring (bicyclic) bond motifs is 2. The second-order valence-corrected chi connectivity index (χ2v) is 8.76. The van der Waals surface area contributed by atoms with Crippen LogP contribution in [0.25, 0.3) is 11.0 Å². The Hall–Kier alpha value is -2.59. The Bertz CT molecular complexity index is 1170. The van der Waals surface area contributed by atoms with E-state index in [4.69, 9.17) is 25.8 Å². The van der Waals surface area contributed by atoms with Crippen LogP contribution in [0.5, 0.6) is 0 Å². The Balaban J connectivity index is 1.51. The molecule has 2 saturated heterocycles. The lowest BCUT2D eigenvalue weighted by Crippen LogP contribution is -2.28. The molecule has 0 amide bonds. The van der Waals surface area contributed by atoms with Gasteiger partial charge in [0.1, 0.15) is 18.0 Å². The number of carbonyl (C=O) groups excluding carboxylic acids is 1. The van der Waals surface area contributed by atoms with E-state index < -0.39 is 12.0 Å². The van der Waals surface area contributed by atoms with Crippen molar-refractivity contribution in [3.8, 4) is 0 Å². The van der Waals surface area contributed by atoms with E-state index in [0.29, 0.717) is 34.7 Å². The average molecular weight is 458 g/mol. The highest BCUT2D eigenvalue weighted by molar-refractivity contribution is 6.31. The fourth-order valence-corrected chi connectivity index (χ4v) is 4.52. The second kappa shape index (κ2) is 8.08. The summed E-state index contributed by atoms with van der Waals surface area (Å²) in [6.45, 7) is 6.26. The Morgan fingerprint density at radius 2 is 2.00 bits per heavy atom. The molecule has 3 aromatic rings. The zero-order chi connectivity index (χ0) is 22.5. The molecule has 2 aliphatic rings. The number of anilines is 1. The van der Waals surface area contributed by atoms with Crippen LogP contribution < -0.4 is 5.32 Å². The Kier molecular flexibility index (Phi) is 5.37. The number of rotatable bonds is 6. The number of benzene rings is 1. The van der Waals surface area contributed by atoms with E-state index in [1.165, 1.54) is 0 Å². The molecule has 0 aliphatic carbocycles. The summed E-state index contributed by atoms with van der Waals surface area (Å²) in [4.78, 5) is 20.3. The van der Waals surface area contributed by atoms with E-state index in [1.54, 1.807) is 10.9 Å². The molecule has 10 heteroatoms. The van der Waals surface area contributed by atoms with Crippen LogP contribution in [0.2, 0.25) is 5.02 Å². The maximum atomic E-state index is 11.6. The lowest BCUT2D eigenvalue weighted by atomic mass is 10.1. The van der Waals surface area contributed by atoms with Gasteiger partial charge in [-0.3, -0.25) is 4.79 Å². The lowest BCUT2D eigenvalue weighted by Gasteiger charge is -2.24. The highest BCUT2D eigenvalue weighted by Gasteiger charge is 2.55. The zero-order valence-electron chi connectivity index (χ0n) is 18.0. The zero-order valence-corrected chi connectivity index (χ0v) is 18.7. The normalized spacial score (nSPS) is 26.4. The molecular formula is C22H24ClN5O4. The molecule has 0 radical (unpaired) electrons. The summed E-state index contributed by atoms with van der Waals surface area (Å²) in [6.07, 6.45) is 1.85. The number of nitrogens with zero attached hydrogens (tertiary/aromatic N) is 4. The molecule has 4 heterocycles. The Morgan fingerprint density at radius 1 is 1.22 bits per heavy atom. The van der Waals surface area contributed by atoms with Gasteiger partial charge in [0.15, 0.2) is 29.8 Å². The van der Waals surface area contributed by atoms with E-state index in [2.05, 4.69) is 20.4 Å². The Labute approximate surface area is 190 Å². The first kappa shape index (κ1) is 21.3. The topological polar surface area (TPSA) is 100 Å². The third-order valence-electron chi connectivity index (χ3n) is 5.75. The molecule has 32 heavy (non-hydrogen) atoms. The van der Waals surface area contributed by atoms with Gasteiger partial charge in [0.2, 0.25) is 0 Å². The monoisotopic (exact) mass is 457 g/mol. The summed E-state index contributed by atoms with van der Waals surface area (Å²) < 4.78 is 20.1. The predicted molar refractivity (Wildman–Crippen MR) is 118 cm³/mol. The molecule has 168 valence electrons. The van der Waals surface area contributed by atoms with Gasteiger partial charge in [-0.25, -0.2) is 14.6 Å².